The molecule has 0 aromatic carbocycles. The molecule has 4 aliphatic carbocycles. The Morgan fingerprint density at radius 3 is 2.31 bits per heavy atom. The lowest BCUT2D eigenvalue weighted by atomic mass is 9.44. The molecule has 0 amide bonds. The van der Waals surface area contributed by atoms with Gasteiger partial charge in [-0.3, -0.25) is 0 Å². The van der Waals surface area contributed by atoms with Crippen LogP contribution in [0.4, 0.5) is 0 Å². The molecule has 0 bridgehead atoms. The number of hydrogen-bond acceptors (Lipinski definition) is 3. The Kier molecular flexibility index (Phi) is 11.8. The number of carbonyl (C=O) groups is 1. The second kappa shape index (κ2) is 14.5. The second-order valence-electron chi connectivity index (χ2n) is 17.3. The zero-order chi connectivity index (χ0) is 30.7. The molecule has 0 aliphatic heterocycles. The van der Waals surface area contributed by atoms with E-state index in [2.05, 4.69) is 60.2 Å². The van der Waals surface area contributed by atoms with Crippen LogP contribution in [0.2, 0.25) is 0 Å². The van der Waals surface area contributed by atoms with Crippen molar-refractivity contribution in [2.24, 2.45) is 64.1 Å². The molecular weight excluding hydrogens is 514 g/mol. The molecule has 0 aromatic heterocycles. The smallest absolute Gasteiger partial charge is 0.333 e. The topological polar surface area (TPSA) is 29.5 Å². The molecule has 42 heavy (non-hydrogen) atoms. The number of fused-ring (bicyclic) bond motifs is 5. The van der Waals surface area contributed by atoms with Gasteiger partial charge in [-0.25, -0.2) is 4.79 Å². The predicted molar refractivity (Wildman–Crippen MR) is 178 cm³/mol. The summed E-state index contributed by atoms with van der Waals surface area (Å²) in [7, 11) is 4.25. The Balaban J connectivity index is 1.29. The molecule has 0 N–H and O–H groups in total. The zero-order valence-corrected chi connectivity index (χ0v) is 29.2. The quantitative estimate of drug-likeness (QED) is 0.150. The molecule has 242 valence electrons. The Hall–Kier alpha value is -0.830. The lowest BCUT2D eigenvalue weighted by Gasteiger charge is -2.61. The number of carbonyl (C=O) groups excluding carboxylic acids is 1. The largest absolute Gasteiger partial charge is 0.462 e. The van der Waals surface area contributed by atoms with Crippen LogP contribution in [-0.2, 0) is 9.53 Å². The molecule has 7 unspecified atom stereocenters. The van der Waals surface area contributed by atoms with Gasteiger partial charge in [-0.15, -0.1) is 0 Å². The number of hydrogen-bond donors (Lipinski definition) is 0. The van der Waals surface area contributed by atoms with Crippen molar-refractivity contribution in [2.45, 2.75) is 138 Å². The van der Waals surface area contributed by atoms with Gasteiger partial charge in [-0.1, -0.05) is 73.3 Å². The van der Waals surface area contributed by atoms with E-state index in [0.29, 0.717) is 28.9 Å². The Morgan fingerprint density at radius 2 is 1.62 bits per heavy atom. The summed E-state index contributed by atoms with van der Waals surface area (Å²) in [5, 5.41) is 0. The van der Waals surface area contributed by atoms with Gasteiger partial charge < -0.3 is 9.64 Å². The van der Waals surface area contributed by atoms with Gasteiger partial charge in [0.25, 0.3) is 0 Å². The molecule has 4 aliphatic rings. The summed E-state index contributed by atoms with van der Waals surface area (Å²) in [4.78, 5) is 14.2. The van der Waals surface area contributed by atoms with Gasteiger partial charge in [0.15, 0.2) is 0 Å². The number of nitrogens with zero attached hydrogens (tertiary/aromatic N) is 1. The molecule has 4 saturated carbocycles. The Bertz CT molecular complexity index is 895. The maximum absolute atomic E-state index is 12.0. The van der Waals surface area contributed by atoms with Crippen molar-refractivity contribution >= 4 is 5.97 Å². The molecule has 0 saturated heterocycles. The SMILES string of the molecule is C=C(C)C(=O)OCC(CCCC1CC[C@@]2(C)C(CCC3C2CC[C@@]2(C)C3CCC2[C@H](C)CCCC(C)C)C1)CN(C)C. The molecule has 3 nitrogen and oxygen atoms in total. The number of ether oxygens (including phenoxy) is 1. The maximum atomic E-state index is 12.0. The normalized spacial score (nSPS) is 37.6. The maximum Gasteiger partial charge on any atom is 0.333 e. The summed E-state index contributed by atoms with van der Waals surface area (Å²) in [5.41, 5.74) is 1.70. The highest BCUT2D eigenvalue weighted by atomic mass is 16.5. The second-order valence-corrected chi connectivity index (χ2v) is 17.3. The van der Waals surface area contributed by atoms with Crippen LogP contribution in [0.1, 0.15) is 138 Å². The van der Waals surface area contributed by atoms with Crippen LogP contribution in [0.25, 0.3) is 0 Å². The molecule has 10 atom stereocenters. The third-order valence-corrected chi connectivity index (χ3v) is 13.6. The monoisotopic (exact) mass is 584 g/mol. The van der Waals surface area contributed by atoms with Gasteiger partial charge in [-0.05, 0) is 143 Å². The molecule has 0 radical (unpaired) electrons. The molecule has 0 heterocycles. The summed E-state index contributed by atoms with van der Waals surface area (Å²) in [5.74, 6) is 7.73. The summed E-state index contributed by atoms with van der Waals surface area (Å²) in [6.07, 6.45) is 21.5. The van der Waals surface area contributed by atoms with Crippen LogP contribution < -0.4 is 0 Å². The first kappa shape index (κ1) is 34.1. The fourth-order valence-corrected chi connectivity index (χ4v) is 11.4. The molecule has 0 spiro atoms. The van der Waals surface area contributed by atoms with Crippen molar-refractivity contribution < 1.29 is 9.53 Å². The first-order valence-corrected chi connectivity index (χ1v) is 18.3. The van der Waals surface area contributed by atoms with E-state index in [1.54, 1.807) is 6.92 Å². The minimum atomic E-state index is -0.242. The van der Waals surface area contributed by atoms with Gasteiger partial charge >= 0.3 is 5.97 Å². The fourth-order valence-electron chi connectivity index (χ4n) is 11.4. The van der Waals surface area contributed by atoms with Crippen LogP contribution in [-0.4, -0.2) is 38.1 Å². The van der Waals surface area contributed by atoms with Gasteiger partial charge in [-0.2, -0.15) is 0 Å². The summed E-state index contributed by atoms with van der Waals surface area (Å²) in [6.45, 7) is 19.9. The van der Waals surface area contributed by atoms with E-state index in [1.165, 1.54) is 89.9 Å². The van der Waals surface area contributed by atoms with Crippen molar-refractivity contribution in [2.75, 3.05) is 27.2 Å². The lowest BCUT2D eigenvalue weighted by Crippen LogP contribution is -2.53. The number of esters is 1. The number of rotatable bonds is 14. The van der Waals surface area contributed by atoms with Crippen molar-refractivity contribution in [3.05, 3.63) is 12.2 Å². The standard InChI is InChI=1S/C39H69NO2/c1-27(2)12-10-13-29(5)34-18-19-35-33-17-16-32-24-30(20-22-38(32,6)36(33)21-23-39(34,35)7)14-11-15-31(25-40(8)9)26-42-37(41)28(3)4/h27,29-36H,3,10-26H2,1-2,4-9H3/t29-,30?,31?,32?,33?,34?,35?,36?,38+,39-/m1/s1. The molecule has 0 aromatic rings. The van der Waals surface area contributed by atoms with Gasteiger partial charge in [0.2, 0.25) is 0 Å². The van der Waals surface area contributed by atoms with Crippen LogP contribution in [0.5, 0.6) is 0 Å². The van der Waals surface area contributed by atoms with E-state index in [0.717, 1.165) is 60.3 Å². The van der Waals surface area contributed by atoms with E-state index in [1.807, 2.05) is 0 Å². The van der Waals surface area contributed by atoms with Crippen molar-refractivity contribution in [3.63, 3.8) is 0 Å². The lowest BCUT2D eigenvalue weighted by molar-refractivity contribution is -0.140. The minimum Gasteiger partial charge on any atom is -0.462 e. The molecular formula is C39H69NO2. The Labute approximate surface area is 261 Å². The van der Waals surface area contributed by atoms with E-state index in [4.69, 9.17) is 4.74 Å². The van der Waals surface area contributed by atoms with E-state index in [-0.39, 0.29) is 5.97 Å². The van der Waals surface area contributed by atoms with Gasteiger partial charge in [0.1, 0.15) is 0 Å². The predicted octanol–water partition coefficient (Wildman–Crippen LogP) is 10.2. The van der Waals surface area contributed by atoms with Crippen molar-refractivity contribution in [3.8, 4) is 0 Å². The minimum absolute atomic E-state index is 0.242. The van der Waals surface area contributed by atoms with Crippen LogP contribution in [0.15, 0.2) is 12.2 Å². The average molecular weight is 584 g/mol. The summed E-state index contributed by atoms with van der Waals surface area (Å²) in [6, 6.07) is 0. The van der Waals surface area contributed by atoms with E-state index >= 15 is 0 Å². The molecule has 4 rings (SSSR count). The van der Waals surface area contributed by atoms with Gasteiger partial charge in [0, 0.05) is 18.0 Å². The van der Waals surface area contributed by atoms with Crippen molar-refractivity contribution in [1.29, 1.82) is 0 Å². The molecule has 3 heteroatoms. The summed E-state index contributed by atoms with van der Waals surface area (Å²) >= 11 is 0. The first-order valence-electron chi connectivity index (χ1n) is 18.3. The van der Waals surface area contributed by atoms with E-state index < -0.39 is 0 Å². The van der Waals surface area contributed by atoms with Crippen molar-refractivity contribution in [1.82, 2.24) is 4.90 Å². The first-order chi connectivity index (χ1) is 19.8. The third-order valence-electron chi connectivity index (χ3n) is 13.6. The average Bonchev–Trinajstić information content (AvgIpc) is 3.28. The highest BCUT2D eigenvalue weighted by molar-refractivity contribution is 5.86. The van der Waals surface area contributed by atoms with Crippen LogP contribution >= 0.6 is 0 Å². The van der Waals surface area contributed by atoms with E-state index in [9.17, 15) is 4.79 Å². The zero-order valence-electron chi connectivity index (χ0n) is 29.2. The van der Waals surface area contributed by atoms with Crippen LogP contribution in [0.3, 0.4) is 0 Å². The third kappa shape index (κ3) is 7.69. The van der Waals surface area contributed by atoms with Gasteiger partial charge in [0.05, 0.1) is 6.61 Å². The van der Waals surface area contributed by atoms with Crippen LogP contribution in [0, 0.1) is 64.1 Å². The molecule has 4 fully saturated rings. The summed E-state index contributed by atoms with van der Waals surface area (Å²) < 4.78 is 5.56. The highest BCUT2D eigenvalue weighted by Gasteiger charge is 2.60. The Morgan fingerprint density at radius 1 is 0.905 bits per heavy atom. The fraction of sp³-hybridized carbons (Fsp3) is 0.923. The highest BCUT2D eigenvalue weighted by Crippen LogP contribution is 2.68.